The molecule has 0 aromatic rings. The molecular weight excluding hydrogens is 198 g/mol. The summed E-state index contributed by atoms with van der Waals surface area (Å²) >= 11 is 0. The average Bonchev–Trinajstić information content (AvgIpc) is 1.85. The van der Waals surface area contributed by atoms with Crippen LogP contribution in [-0.4, -0.2) is 13.7 Å². The summed E-state index contributed by atoms with van der Waals surface area (Å²) in [4.78, 5) is 0. The van der Waals surface area contributed by atoms with Crippen LogP contribution in [0.4, 0.5) is 0 Å². The second-order valence-electron chi connectivity index (χ2n) is 3.49. The molecule has 0 radical (unpaired) electrons. The van der Waals surface area contributed by atoms with E-state index in [2.05, 4.69) is 0 Å². The molecule has 5 heteroatoms. The molecule has 0 saturated carbocycles. The molecule has 1 unspecified atom stereocenters. The lowest BCUT2D eigenvalue weighted by Crippen LogP contribution is -2.21. The van der Waals surface area contributed by atoms with Crippen molar-refractivity contribution in [3.63, 3.8) is 0 Å². The summed E-state index contributed by atoms with van der Waals surface area (Å²) in [5.41, 5.74) is -0.638. The Labute approximate surface area is 77.8 Å². The summed E-state index contributed by atoms with van der Waals surface area (Å²) < 4.78 is 21.6. The number of hydrogen-bond acceptors (Lipinski definition) is 3. The lowest BCUT2D eigenvalue weighted by Gasteiger charge is -2.17. The summed E-state index contributed by atoms with van der Waals surface area (Å²) in [6.45, 7) is 4.87. The van der Waals surface area contributed by atoms with Gasteiger partial charge in [0.1, 0.15) is 0 Å². The molecule has 0 spiro atoms. The Kier molecular flexibility index (Phi) is 3.55. The molecule has 0 rings (SSSR count). The maximum atomic E-state index is 10.8. The van der Waals surface area contributed by atoms with Gasteiger partial charge in [0.2, 0.25) is 9.05 Å². The Morgan fingerprint density at radius 3 is 2.25 bits per heavy atom. The van der Waals surface area contributed by atoms with Gasteiger partial charge < -0.3 is 0 Å². The number of nitriles is 1. The van der Waals surface area contributed by atoms with Crippen LogP contribution in [0.1, 0.15) is 27.2 Å². The molecule has 12 heavy (non-hydrogen) atoms. The zero-order chi connectivity index (χ0) is 9.99. The van der Waals surface area contributed by atoms with Gasteiger partial charge in [0.15, 0.2) is 0 Å². The highest BCUT2D eigenvalue weighted by Gasteiger charge is 2.27. The van der Waals surface area contributed by atoms with E-state index in [0.717, 1.165) is 0 Å². The fourth-order valence-electron chi connectivity index (χ4n) is 0.864. The quantitative estimate of drug-likeness (QED) is 0.667. The van der Waals surface area contributed by atoms with E-state index in [0.29, 0.717) is 0 Å². The van der Waals surface area contributed by atoms with E-state index in [9.17, 15) is 8.42 Å². The summed E-state index contributed by atoms with van der Waals surface area (Å²) in [6, 6.07) is 2.02. The van der Waals surface area contributed by atoms with Crippen LogP contribution in [0.3, 0.4) is 0 Å². The van der Waals surface area contributed by atoms with E-state index < -0.39 is 19.7 Å². The zero-order valence-corrected chi connectivity index (χ0v) is 8.91. The van der Waals surface area contributed by atoms with Crippen LogP contribution < -0.4 is 0 Å². The number of halogens is 1. The monoisotopic (exact) mass is 209 g/mol. The molecular formula is C7H12ClNO2S. The minimum atomic E-state index is -3.52. The van der Waals surface area contributed by atoms with E-state index in [4.69, 9.17) is 15.9 Å². The van der Waals surface area contributed by atoms with Gasteiger partial charge in [-0.2, -0.15) is 5.26 Å². The second kappa shape index (κ2) is 3.63. The molecule has 0 aliphatic carbocycles. The van der Waals surface area contributed by atoms with E-state index in [1.807, 2.05) is 6.07 Å². The third-order valence-corrected chi connectivity index (χ3v) is 3.62. The zero-order valence-electron chi connectivity index (χ0n) is 7.33. The lowest BCUT2D eigenvalue weighted by molar-refractivity contribution is 0.442. The van der Waals surface area contributed by atoms with Gasteiger partial charge in [-0.15, -0.1) is 0 Å². The maximum Gasteiger partial charge on any atom is 0.235 e. The van der Waals surface area contributed by atoms with Crippen LogP contribution in [0.2, 0.25) is 0 Å². The number of hydrogen-bond donors (Lipinski definition) is 0. The van der Waals surface area contributed by atoms with Gasteiger partial charge in [0, 0.05) is 10.7 Å². The topological polar surface area (TPSA) is 57.9 Å². The lowest BCUT2D eigenvalue weighted by atomic mass is 9.90. The van der Waals surface area contributed by atoms with Gasteiger partial charge in [-0.25, -0.2) is 8.42 Å². The Morgan fingerprint density at radius 2 is 2.00 bits per heavy atom. The van der Waals surface area contributed by atoms with Crippen LogP contribution in [0, 0.1) is 16.7 Å². The largest absolute Gasteiger partial charge is 0.235 e. The first-order valence-electron chi connectivity index (χ1n) is 3.54. The molecule has 70 valence electrons. The van der Waals surface area contributed by atoms with Gasteiger partial charge in [0.25, 0.3) is 0 Å². The van der Waals surface area contributed by atoms with Crippen molar-refractivity contribution >= 4 is 19.7 Å². The molecule has 0 amide bonds. The molecule has 1 atom stereocenters. The molecule has 0 aliphatic rings. The third-order valence-electron chi connectivity index (χ3n) is 1.58. The molecule has 0 heterocycles. The first-order valence-corrected chi connectivity index (χ1v) is 5.91. The Balaban J connectivity index is 4.43. The van der Waals surface area contributed by atoms with Crippen LogP contribution in [-0.2, 0) is 9.05 Å². The molecule has 0 bridgehead atoms. The average molecular weight is 210 g/mol. The van der Waals surface area contributed by atoms with E-state index in [1.165, 1.54) is 6.92 Å². The van der Waals surface area contributed by atoms with Crippen LogP contribution in [0.5, 0.6) is 0 Å². The molecule has 0 N–H and O–H groups in total. The van der Waals surface area contributed by atoms with Crippen molar-refractivity contribution in [2.75, 3.05) is 0 Å². The first kappa shape index (κ1) is 11.7. The number of nitrogens with zero attached hydrogens (tertiary/aromatic N) is 1. The smallest absolute Gasteiger partial charge is 0.212 e. The SMILES string of the molecule is CC(CC(C)(C)C#N)S(=O)(=O)Cl. The highest BCUT2D eigenvalue weighted by atomic mass is 35.7. The van der Waals surface area contributed by atoms with Gasteiger partial charge >= 0.3 is 0 Å². The van der Waals surface area contributed by atoms with Crippen LogP contribution in [0.15, 0.2) is 0 Å². The van der Waals surface area contributed by atoms with Gasteiger partial charge in [0.05, 0.1) is 16.7 Å². The second-order valence-corrected chi connectivity index (χ2v) is 6.53. The summed E-state index contributed by atoms with van der Waals surface area (Å²) in [5, 5.41) is 7.95. The van der Waals surface area contributed by atoms with Gasteiger partial charge in [-0.1, -0.05) is 0 Å². The number of rotatable bonds is 3. The van der Waals surface area contributed by atoms with Crippen molar-refractivity contribution in [3.8, 4) is 6.07 Å². The van der Waals surface area contributed by atoms with E-state index >= 15 is 0 Å². The molecule has 0 aromatic heterocycles. The normalized spacial score (nSPS) is 15.2. The third kappa shape index (κ3) is 3.93. The van der Waals surface area contributed by atoms with E-state index in [1.54, 1.807) is 13.8 Å². The van der Waals surface area contributed by atoms with Crippen molar-refractivity contribution < 1.29 is 8.42 Å². The molecule has 0 saturated heterocycles. The van der Waals surface area contributed by atoms with Crippen LogP contribution >= 0.6 is 10.7 Å². The minimum absolute atomic E-state index is 0.259. The maximum absolute atomic E-state index is 10.8. The Hall–Kier alpha value is -0.270. The van der Waals surface area contributed by atoms with Crippen molar-refractivity contribution in [3.05, 3.63) is 0 Å². The fraction of sp³-hybridized carbons (Fsp3) is 0.857. The Morgan fingerprint density at radius 1 is 1.58 bits per heavy atom. The van der Waals surface area contributed by atoms with Crippen LogP contribution in [0.25, 0.3) is 0 Å². The highest BCUT2D eigenvalue weighted by Crippen LogP contribution is 2.25. The van der Waals surface area contributed by atoms with Crippen molar-refractivity contribution in [1.82, 2.24) is 0 Å². The fourth-order valence-corrected chi connectivity index (χ4v) is 1.67. The molecule has 0 aromatic carbocycles. The van der Waals surface area contributed by atoms with E-state index in [-0.39, 0.29) is 6.42 Å². The first-order chi connectivity index (χ1) is 5.19. The summed E-state index contributed by atoms with van der Waals surface area (Å²) in [7, 11) is 1.58. The summed E-state index contributed by atoms with van der Waals surface area (Å²) in [6.07, 6.45) is 0.259. The van der Waals surface area contributed by atoms with Crippen molar-refractivity contribution in [1.29, 1.82) is 5.26 Å². The molecule has 0 fully saturated rings. The van der Waals surface area contributed by atoms with Gasteiger partial charge in [-0.05, 0) is 27.2 Å². The summed E-state index contributed by atoms with van der Waals surface area (Å²) in [5.74, 6) is 0. The predicted molar refractivity (Wildman–Crippen MR) is 48.2 cm³/mol. The minimum Gasteiger partial charge on any atom is -0.212 e. The highest BCUT2D eigenvalue weighted by molar-refractivity contribution is 8.14. The van der Waals surface area contributed by atoms with Gasteiger partial charge in [-0.3, -0.25) is 0 Å². The standard InChI is InChI=1S/C7H12ClNO2S/c1-6(12(8,10)11)4-7(2,3)5-9/h6H,4H2,1-3H3. The van der Waals surface area contributed by atoms with Crippen molar-refractivity contribution in [2.45, 2.75) is 32.4 Å². The molecule has 3 nitrogen and oxygen atoms in total. The Bertz CT molecular complexity index is 289. The molecule has 0 aliphatic heterocycles. The predicted octanol–water partition coefficient (Wildman–Crippen LogP) is 1.88. The van der Waals surface area contributed by atoms with Crippen molar-refractivity contribution in [2.24, 2.45) is 5.41 Å².